The Labute approximate surface area is 151 Å². The molecule has 0 radical (unpaired) electrons. The van der Waals surface area contributed by atoms with E-state index in [1.807, 2.05) is 0 Å². The number of benzene rings is 1. The first-order chi connectivity index (χ1) is 12.5. The normalized spacial score (nSPS) is 18.4. The van der Waals surface area contributed by atoms with Gasteiger partial charge in [0, 0.05) is 6.20 Å². The molecule has 3 amide bonds. The Hall–Kier alpha value is -2.89. The standard InChI is InChI=1S/C15H13F3N4O4S/c1-9-13(23)22(14(24)21(9)7-10-6-19-8-20-10)11-2-4-12(5-3-11)27(25,26)15(16,17)18/h2-6,8-9H,7H2,1H3,(H,19,20)/t9-/m0/s1. The van der Waals surface area contributed by atoms with Crippen LogP contribution < -0.4 is 4.90 Å². The van der Waals surface area contributed by atoms with Gasteiger partial charge in [0.2, 0.25) is 0 Å². The van der Waals surface area contributed by atoms with E-state index in [0.29, 0.717) is 17.8 Å². The molecule has 0 saturated carbocycles. The average molecular weight is 402 g/mol. The van der Waals surface area contributed by atoms with Crippen molar-refractivity contribution in [2.45, 2.75) is 29.9 Å². The van der Waals surface area contributed by atoms with Crippen molar-refractivity contribution in [3.05, 3.63) is 42.5 Å². The second kappa shape index (κ2) is 6.37. The number of imide groups is 1. The molecule has 1 aliphatic heterocycles. The first-order valence-corrected chi connectivity index (χ1v) is 9.05. The highest BCUT2D eigenvalue weighted by Crippen LogP contribution is 2.32. The number of hydrogen-bond acceptors (Lipinski definition) is 5. The zero-order valence-corrected chi connectivity index (χ0v) is 14.6. The van der Waals surface area contributed by atoms with Crippen molar-refractivity contribution in [2.24, 2.45) is 0 Å². The number of H-pyrrole nitrogens is 1. The third-order valence-electron chi connectivity index (χ3n) is 4.09. The van der Waals surface area contributed by atoms with E-state index >= 15 is 0 Å². The largest absolute Gasteiger partial charge is 0.501 e. The molecule has 27 heavy (non-hydrogen) atoms. The SMILES string of the molecule is C[C@H]1C(=O)N(c2ccc(S(=O)(=O)C(F)(F)F)cc2)C(=O)N1Cc1cnc[nH]1. The summed E-state index contributed by atoms with van der Waals surface area (Å²) in [6.07, 6.45) is 2.91. The average Bonchev–Trinajstić information content (AvgIpc) is 3.18. The highest BCUT2D eigenvalue weighted by Gasteiger charge is 2.47. The number of nitrogens with zero attached hydrogens (tertiary/aromatic N) is 3. The molecule has 3 rings (SSSR count). The first kappa shape index (κ1) is 18.9. The fourth-order valence-corrected chi connectivity index (χ4v) is 3.38. The van der Waals surface area contributed by atoms with Crippen LogP contribution >= 0.6 is 0 Å². The molecule has 144 valence electrons. The second-order valence-corrected chi connectivity index (χ2v) is 7.72. The van der Waals surface area contributed by atoms with Crippen molar-refractivity contribution in [3.63, 3.8) is 0 Å². The summed E-state index contributed by atoms with van der Waals surface area (Å²) in [5, 5.41) is 0. The van der Waals surface area contributed by atoms with Gasteiger partial charge in [0.1, 0.15) is 6.04 Å². The Balaban J connectivity index is 1.88. The molecule has 2 aromatic rings. The summed E-state index contributed by atoms with van der Waals surface area (Å²) in [4.78, 5) is 32.7. The summed E-state index contributed by atoms with van der Waals surface area (Å²) < 4.78 is 60.6. The fourth-order valence-electron chi connectivity index (χ4n) is 2.61. The number of sulfone groups is 1. The number of aromatic amines is 1. The van der Waals surface area contributed by atoms with Crippen LogP contribution in [0.5, 0.6) is 0 Å². The van der Waals surface area contributed by atoms with Crippen molar-refractivity contribution < 1.29 is 31.2 Å². The molecule has 1 saturated heterocycles. The van der Waals surface area contributed by atoms with Crippen LogP contribution in [0.3, 0.4) is 0 Å². The summed E-state index contributed by atoms with van der Waals surface area (Å²) in [6, 6.07) is 1.91. The minimum atomic E-state index is -5.51. The van der Waals surface area contributed by atoms with Crippen LogP contribution in [-0.4, -0.2) is 46.8 Å². The lowest BCUT2D eigenvalue weighted by Gasteiger charge is -2.18. The van der Waals surface area contributed by atoms with Crippen molar-refractivity contribution in [2.75, 3.05) is 4.90 Å². The van der Waals surface area contributed by atoms with Gasteiger partial charge >= 0.3 is 11.5 Å². The number of aromatic nitrogens is 2. The molecule has 1 fully saturated rings. The molecule has 1 N–H and O–H groups in total. The quantitative estimate of drug-likeness (QED) is 0.789. The topological polar surface area (TPSA) is 103 Å². The number of nitrogens with one attached hydrogen (secondary N) is 1. The lowest BCUT2D eigenvalue weighted by molar-refractivity contribution is -0.119. The number of halogens is 3. The lowest BCUT2D eigenvalue weighted by atomic mass is 10.2. The lowest BCUT2D eigenvalue weighted by Crippen LogP contribution is -2.33. The summed E-state index contributed by atoms with van der Waals surface area (Å²) in [5.74, 6) is -0.578. The van der Waals surface area contributed by atoms with E-state index < -0.39 is 38.2 Å². The Bertz CT molecular complexity index is 971. The van der Waals surface area contributed by atoms with Crippen molar-refractivity contribution >= 4 is 27.5 Å². The summed E-state index contributed by atoms with van der Waals surface area (Å²) in [5.41, 5.74) is -4.87. The minimum absolute atomic E-state index is 0.0231. The van der Waals surface area contributed by atoms with E-state index in [-0.39, 0.29) is 12.2 Å². The van der Waals surface area contributed by atoms with E-state index in [0.717, 1.165) is 17.0 Å². The summed E-state index contributed by atoms with van der Waals surface area (Å²) in [7, 11) is -5.51. The minimum Gasteiger partial charge on any atom is -0.347 e. The molecule has 1 aromatic carbocycles. The number of hydrogen-bond donors (Lipinski definition) is 1. The van der Waals surface area contributed by atoms with Gasteiger partial charge in [-0.25, -0.2) is 23.1 Å². The number of imidazole rings is 1. The van der Waals surface area contributed by atoms with Crippen LogP contribution in [0.1, 0.15) is 12.6 Å². The van der Waals surface area contributed by atoms with Gasteiger partial charge in [-0.1, -0.05) is 0 Å². The molecule has 2 heterocycles. The molecular formula is C15H13F3N4O4S. The smallest absolute Gasteiger partial charge is 0.347 e. The van der Waals surface area contributed by atoms with E-state index in [2.05, 4.69) is 9.97 Å². The molecule has 1 aromatic heterocycles. The Kier molecular flexibility index (Phi) is 4.46. The van der Waals surface area contributed by atoms with Crippen LogP contribution in [0, 0.1) is 0 Å². The zero-order chi connectivity index (χ0) is 20.0. The molecule has 8 nitrogen and oxygen atoms in total. The fraction of sp³-hybridized carbons (Fsp3) is 0.267. The monoisotopic (exact) mass is 402 g/mol. The van der Waals surface area contributed by atoms with E-state index in [1.165, 1.54) is 24.3 Å². The summed E-state index contributed by atoms with van der Waals surface area (Å²) >= 11 is 0. The van der Waals surface area contributed by atoms with E-state index in [4.69, 9.17) is 0 Å². The molecule has 1 atom stereocenters. The number of rotatable bonds is 4. The maximum absolute atomic E-state index is 12.6. The van der Waals surface area contributed by atoms with Gasteiger partial charge < -0.3 is 9.88 Å². The van der Waals surface area contributed by atoms with Gasteiger partial charge in [-0.2, -0.15) is 13.2 Å². The number of anilines is 1. The molecule has 0 spiro atoms. The highest BCUT2D eigenvalue weighted by atomic mass is 32.2. The molecule has 0 bridgehead atoms. The maximum Gasteiger partial charge on any atom is 0.501 e. The predicted octanol–water partition coefficient (Wildman–Crippen LogP) is 2.06. The zero-order valence-electron chi connectivity index (χ0n) is 13.8. The third kappa shape index (κ3) is 3.16. The third-order valence-corrected chi connectivity index (χ3v) is 5.59. The number of amides is 3. The van der Waals surface area contributed by atoms with E-state index in [9.17, 15) is 31.2 Å². The van der Waals surface area contributed by atoms with Gasteiger partial charge in [0.15, 0.2) is 0 Å². The Morgan fingerprint density at radius 3 is 2.33 bits per heavy atom. The predicted molar refractivity (Wildman–Crippen MR) is 86.2 cm³/mol. The van der Waals surface area contributed by atoms with Crippen LogP contribution in [-0.2, 0) is 21.2 Å². The number of alkyl halides is 3. The number of carbonyl (C=O) groups is 2. The van der Waals surface area contributed by atoms with Gasteiger partial charge in [-0.15, -0.1) is 0 Å². The molecular weight excluding hydrogens is 389 g/mol. The van der Waals surface area contributed by atoms with Crippen LogP contribution in [0.4, 0.5) is 23.7 Å². The van der Waals surface area contributed by atoms with E-state index in [1.54, 1.807) is 0 Å². The maximum atomic E-state index is 12.6. The van der Waals surface area contributed by atoms with Gasteiger partial charge in [0.25, 0.3) is 15.7 Å². The molecule has 12 heteroatoms. The first-order valence-electron chi connectivity index (χ1n) is 7.57. The Morgan fingerprint density at radius 2 is 1.81 bits per heavy atom. The van der Waals surface area contributed by atoms with Crippen LogP contribution in [0.2, 0.25) is 0 Å². The van der Waals surface area contributed by atoms with Gasteiger partial charge in [0.05, 0.1) is 29.1 Å². The molecule has 0 unspecified atom stereocenters. The van der Waals surface area contributed by atoms with Crippen LogP contribution in [0.25, 0.3) is 0 Å². The van der Waals surface area contributed by atoms with Crippen molar-refractivity contribution in [1.82, 2.24) is 14.9 Å². The molecule has 1 aliphatic rings. The summed E-state index contributed by atoms with van der Waals surface area (Å²) in [6.45, 7) is 1.60. The van der Waals surface area contributed by atoms with Gasteiger partial charge in [-0.3, -0.25) is 4.79 Å². The molecule has 0 aliphatic carbocycles. The van der Waals surface area contributed by atoms with Crippen LogP contribution in [0.15, 0.2) is 41.7 Å². The van der Waals surface area contributed by atoms with Crippen molar-refractivity contribution in [1.29, 1.82) is 0 Å². The highest BCUT2D eigenvalue weighted by molar-refractivity contribution is 7.92. The number of carbonyl (C=O) groups excluding carboxylic acids is 2. The van der Waals surface area contributed by atoms with Crippen molar-refractivity contribution in [3.8, 4) is 0 Å². The Morgan fingerprint density at radius 1 is 1.19 bits per heavy atom. The second-order valence-electron chi connectivity index (χ2n) is 5.78. The van der Waals surface area contributed by atoms with Gasteiger partial charge in [-0.05, 0) is 31.2 Å². The number of urea groups is 1.